The number of carbonyl (C=O) groups excluding carboxylic acids is 8. The van der Waals surface area contributed by atoms with Crippen LogP contribution >= 0.6 is 33.2 Å². The Balaban J connectivity index is 1.26. The van der Waals surface area contributed by atoms with Crippen molar-refractivity contribution in [2.75, 3.05) is 25.1 Å². The van der Waals surface area contributed by atoms with Crippen molar-refractivity contribution in [3.8, 4) is 0 Å². The lowest BCUT2D eigenvalue weighted by Crippen LogP contribution is -2.62. The second-order valence-electron chi connectivity index (χ2n) is 20.2. The largest absolute Gasteiger partial charge is 0.391 e. The normalized spacial score (nSPS) is 21.0. The summed E-state index contributed by atoms with van der Waals surface area (Å²) in [6.07, 6.45) is 3.81. The van der Waals surface area contributed by atoms with Gasteiger partial charge >= 0.3 is 0 Å². The Morgan fingerprint density at radius 3 is 2.13 bits per heavy atom. The lowest BCUT2D eigenvalue weighted by Gasteiger charge is -2.33. The maximum Gasteiger partial charge on any atom is 0.248 e. The van der Waals surface area contributed by atoms with Crippen LogP contribution in [0.5, 0.6) is 0 Å². The summed E-state index contributed by atoms with van der Waals surface area (Å²) in [5, 5.41) is 30.8. The van der Waals surface area contributed by atoms with E-state index in [1.807, 2.05) is 66.7 Å². The number of nitrogens with one attached hydrogen (secondary N) is 7. The molecule has 434 valence electrons. The molecule has 1 fully saturated rings. The number of hydrogen-bond donors (Lipinski definition) is 11. The van der Waals surface area contributed by atoms with Crippen LogP contribution in [-0.4, -0.2) is 147 Å². The van der Waals surface area contributed by atoms with Gasteiger partial charge in [-0.3, -0.25) is 43.3 Å². The molecule has 1 aliphatic rings. The third kappa shape index (κ3) is 17.2. The number of pyridine rings is 1. The van der Waals surface area contributed by atoms with Gasteiger partial charge in [0.15, 0.2) is 0 Å². The quantitative estimate of drug-likeness (QED) is 0.0434. The molecular weight excluding hydrogens is 1110 g/mol. The number of carbonyl (C=O) groups is 8. The molecule has 0 aliphatic carbocycles. The van der Waals surface area contributed by atoms with Gasteiger partial charge in [0.25, 0.3) is 0 Å². The molecule has 3 heterocycles. The molecule has 0 spiro atoms. The highest BCUT2D eigenvalue weighted by molar-refractivity contribution is 8.76. The summed E-state index contributed by atoms with van der Waals surface area (Å²) in [5.41, 5.74) is 21.5. The predicted molar refractivity (Wildman–Crippen MR) is 318 cm³/mol. The molecule has 2 aromatic heterocycles. The van der Waals surface area contributed by atoms with E-state index in [2.05, 4.69) is 41.9 Å². The summed E-state index contributed by atoms with van der Waals surface area (Å²) in [4.78, 5) is 124. The zero-order valence-electron chi connectivity index (χ0n) is 45.3. The van der Waals surface area contributed by atoms with Crippen molar-refractivity contribution in [3.05, 3.63) is 149 Å². The maximum absolute atomic E-state index is 14.9. The number of halogens is 1. The molecule has 21 nitrogen and oxygen atoms in total. The highest BCUT2D eigenvalue weighted by atomic mass is 35.5. The van der Waals surface area contributed by atoms with Crippen LogP contribution in [0.3, 0.4) is 0 Å². The predicted octanol–water partition coefficient (Wildman–Crippen LogP) is 2.09. The minimum Gasteiger partial charge on any atom is -0.391 e. The number of aliphatic hydroxyl groups is 1. The molecule has 1 saturated heterocycles. The van der Waals surface area contributed by atoms with Crippen LogP contribution in [0.15, 0.2) is 122 Å². The number of nitrogens with zero attached hydrogens (tertiary/aromatic N) is 2. The van der Waals surface area contributed by atoms with Gasteiger partial charge in [-0.2, -0.15) is 0 Å². The fourth-order valence-electron chi connectivity index (χ4n) is 9.40. The van der Waals surface area contributed by atoms with Crippen molar-refractivity contribution in [1.29, 1.82) is 0 Å². The molecule has 0 radical (unpaired) electrons. The summed E-state index contributed by atoms with van der Waals surface area (Å²) < 4.78 is 0. The third-order valence-corrected chi connectivity index (χ3v) is 16.7. The Hall–Kier alpha value is -7.54. The van der Waals surface area contributed by atoms with Gasteiger partial charge in [0.05, 0.1) is 12.1 Å². The number of unbranched alkanes of at least 4 members (excludes halogenated alkanes) is 1. The molecule has 6 aromatic rings. The zero-order chi connectivity index (χ0) is 58.9. The zero-order valence-corrected chi connectivity index (χ0v) is 47.7. The van der Waals surface area contributed by atoms with Crippen LogP contribution in [0.1, 0.15) is 48.4 Å². The Morgan fingerprint density at radius 1 is 0.768 bits per heavy atom. The molecular formula is C58H69ClN12O9S2. The van der Waals surface area contributed by atoms with E-state index < -0.39 is 102 Å². The second kappa shape index (κ2) is 30.0. The van der Waals surface area contributed by atoms with E-state index >= 15 is 0 Å². The number of para-hydroxylation sites is 1. The number of H-pyrrole nitrogens is 1. The van der Waals surface area contributed by atoms with Gasteiger partial charge in [0.1, 0.15) is 42.3 Å². The van der Waals surface area contributed by atoms with Gasteiger partial charge in [-0.1, -0.05) is 112 Å². The highest BCUT2D eigenvalue weighted by Crippen LogP contribution is 2.26. The van der Waals surface area contributed by atoms with E-state index in [1.165, 1.54) is 20.2 Å². The average Bonchev–Trinajstić information content (AvgIpc) is 3.87. The lowest BCUT2D eigenvalue weighted by molar-refractivity contribution is -0.144. The smallest absolute Gasteiger partial charge is 0.248 e. The van der Waals surface area contributed by atoms with E-state index in [4.69, 9.17) is 28.8 Å². The number of likely N-dealkylation sites (N-methyl/N-ethyl adjacent to an activating group) is 1. The third-order valence-electron chi connectivity index (χ3n) is 14.1. The standard InChI is InChI=1S/C58H69ClN12O9S2/c1-33(72)50-58(80)71(2)49(57(79)66-45(51(62)73)26-35-16-19-37-11-3-4-12-38(37)24-35)32-82-81-31-48(69-52(74)42(61)25-34-17-20-40(59)21-18-34)56(78)67-46(27-36-10-9-23-63-29-36)54(76)68-47(28-39-30-64-43-14-6-5-13-41(39)43)55(77)65-44(53(75)70-50)15-7-8-22-60/h3-6,9-14,16-21,23-24,29-30,33,42,44-50,64,72H,7-8,15,22,25-28,31-32,60-61H2,1-2H3,(H2,62,73)(H,65,77)(H,66,79)(H,67,78)(H,68,76)(H,69,74)(H,70,75)/t33-,42+,44+,45+,46+,47-,48-,49+,50+/m1/s1. The number of fused-ring (bicyclic) bond motifs is 2. The summed E-state index contributed by atoms with van der Waals surface area (Å²) >= 11 is 6.11. The van der Waals surface area contributed by atoms with Crippen molar-refractivity contribution in [2.24, 2.45) is 17.2 Å². The van der Waals surface area contributed by atoms with Crippen LogP contribution in [0.4, 0.5) is 0 Å². The molecule has 0 unspecified atom stereocenters. The van der Waals surface area contributed by atoms with Crippen LogP contribution in [0, 0.1) is 0 Å². The monoisotopic (exact) mass is 1180 g/mol. The first-order chi connectivity index (χ1) is 39.4. The molecule has 0 bridgehead atoms. The van der Waals surface area contributed by atoms with E-state index in [0.29, 0.717) is 40.1 Å². The Bertz CT molecular complexity index is 3210. The van der Waals surface area contributed by atoms with Crippen molar-refractivity contribution in [2.45, 2.75) is 106 Å². The fourth-order valence-corrected chi connectivity index (χ4v) is 12.0. The fraction of sp³-hybridized carbons (Fsp3) is 0.362. The average molecular weight is 1180 g/mol. The number of aliphatic hydroxyl groups excluding tert-OH is 1. The number of primary amides is 1. The molecule has 7 rings (SSSR count). The number of rotatable bonds is 18. The SMILES string of the molecule is C[C@@H](O)[C@@H]1NC(=O)[C@H](CCCCN)NC(=O)[C@@H](Cc2c[nH]c3ccccc23)NC(=O)[C@H](Cc2cccnc2)NC(=O)[C@H](NC(=O)[C@@H](N)Cc2ccc(Cl)cc2)CSSC[C@@H](C(=O)N[C@@H](Cc2ccc3ccccc3c2)C(N)=O)N(C)C1=O. The summed E-state index contributed by atoms with van der Waals surface area (Å²) in [5.74, 6) is -7.00. The van der Waals surface area contributed by atoms with E-state index in [0.717, 1.165) is 48.2 Å². The first-order valence-electron chi connectivity index (χ1n) is 26.8. The molecule has 82 heavy (non-hydrogen) atoms. The van der Waals surface area contributed by atoms with Gasteiger partial charge in [0, 0.05) is 72.3 Å². The number of nitrogens with two attached hydrogens (primary N) is 3. The van der Waals surface area contributed by atoms with Crippen LogP contribution < -0.4 is 49.1 Å². The van der Waals surface area contributed by atoms with Gasteiger partial charge in [-0.05, 0) is 96.4 Å². The highest BCUT2D eigenvalue weighted by Gasteiger charge is 2.39. The first-order valence-corrected chi connectivity index (χ1v) is 29.7. The molecule has 24 heteroatoms. The number of aromatic nitrogens is 2. The summed E-state index contributed by atoms with van der Waals surface area (Å²) in [7, 11) is 3.37. The van der Waals surface area contributed by atoms with Crippen molar-refractivity contribution in [3.63, 3.8) is 0 Å². The maximum atomic E-state index is 14.9. The van der Waals surface area contributed by atoms with Gasteiger partial charge in [-0.15, -0.1) is 0 Å². The Kier molecular flexibility index (Phi) is 22.7. The second-order valence-corrected chi connectivity index (χ2v) is 23.2. The number of benzene rings is 4. The molecule has 8 amide bonds. The topological polar surface area (TPSA) is 339 Å². The number of hydrogen-bond acceptors (Lipinski definition) is 14. The Labute approximate surface area is 487 Å². The van der Waals surface area contributed by atoms with Crippen LogP contribution in [0.25, 0.3) is 21.7 Å². The molecule has 9 atom stereocenters. The lowest BCUT2D eigenvalue weighted by atomic mass is 10.0. The van der Waals surface area contributed by atoms with Crippen molar-refractivity contribution >= 4 is 102 Å². The number of aromatic amines is 1. The molecule has 0 saturated carbocycles. The van der Waals surface area contributed by atoms with Crippen molar-refractivity contribution < 1.29 is 43.5 Å². The van der Waals surface area contributed by atoms with Gasteiger partial charge < -0.3 is 64.1 Å². The van der Waals surface area contributed by atoms with E-state index in [9.17, 15) is 43.5 Å². The van der Waals surface area contributed by atoms with Gasteiger partial charge in [-0.25, -0.2) is 0 Å². The Morgan fingerprint density at radius 2 is 1.43 bits per heavy atom. The van der Waals surface area contributed by atoms with Crippen LogP contribution in [0.2, 0.25) is 5.02 Å². The molecule has 4 aromatic carbocycles. The van der Waals surface area contributed by atoms with E-state index in [1.54, 1.807) is 48.8 Å². The van der Waals surface area contributed by atoms with E-state index in [-0.39, 0.29) is 50.2 Å². The summed E-state index contributed by atoms with van der Waals surface area (Å²) in [6, 6.07) is 19.5. The number of amides is 8. The molecule has 1 aliphatic heterocycles. The van der Waals surface area contributed by atoms with Crippen molar-refractivity contribution in [1.82, 2.24) is 46.8 Å². The van der Waals surface area contributed by atoms with Crippen LogP contribution in [-0.2, 0) is 64.0 Å². The summed E-state index contributed by atoms with van der Waals surface area (Å²) in [6.45, 7) is 1.53. The van der Waals surface area contributed by atoms with Gasteiger partial charge in [0.2, 0.25) is 47.3 Å². The minimum atomic E-state index is -1.69. The first kappa shape index (κ1) is 62.1. The minimum absolute atomic E-state index is 0.0130. The molecule has 14 N–H and O–H groups in total.